The lowest BCUT2D eigenvalue weighted by atomic mass is 10.0. The third-order valence-corrected chi connectivity index (χ3v) is 7.16. The van der Waals surface area contributed by atoms with E-state index in [0.29, 0.717) is 34.6 Å². The van der Waals surface area contributed by atoms with Crippen molar-refractivity contribution in [2.45, 2.75) is 12.5 Å². The molecule has 0 aliphatic carbocycles. The van der Waals surface area contributed by atoms with Crippen LogP contribution in [-0.2, 0) is 11.2 Å². The maximum absolute atomic E-state index is 13.5. The second kappa shape index (κ2) is 11.6. The average molecular weight is 530 g/mol. The van der Waals surface area contributed by atoms with Crippen molar-refractivity contribution in [3.05, 3.63) is 93.1 Å². The smallest absolute Gasteiger partial charge is 0.322 e. The quantitative estimate of drug-likeness (QED) is 0.349. The van der Waals surface area contributed by atoms with Crippen molar-refractivity contribution >= 4 is 52.2 Å². The standard InChI is InChI=1S/C26H25Cl2N3O3S/c1-2-12-30(26(33)29-20-5-3-4-19(28)15-20)16-25(32)31-13-10-24-22(11-14-35-24)23(31)17-34-21-8-6-18(27)7-9-21/h2-9,11,14-15,23H,1,10,12-13,16-17H2,(H,29,33)/t23-/m1/s1. The van der Waals surface area contributed by atoms with Crippen molar-refractivity contribution in [3.63, 3.8) is 0 Å². The Balaban J connectivity index is 1.48. The second-order valence-corrected chi connectivity index (χ2v) is 9.90. The normalized spacial score (nSPS) is 14.7. The third kappa shape index (κ3) is 6.36. The molecule has 6 nitrogen and oxygen atoms in total. The Bertz CT molecular complexity index is 1200. The molecule has 9 heteroatoms. The minimum Gasteiger partial charge on any atom is -0.491 e. The number of hydrogen-bond donors (Lipinski definition) is 1. The van der Waals surface area contributed by atoms with Gasteiger partial charge in [-0.3, -0.25) is 4.79 Å². The van der Waals surface area contributed by atoms with E-state index < -0.39 is 6.03 Å². The molecule has 0 bridgehead atoms. The van der Waals surface area contributed by atoms with Crippen LogP contribution in [0.5, 0.6) is 5.75 Å². The monoisotopic (exact) mass is 529 g/mol. The molecule has 1 atom stereocenters. The van der Waals surface area contributed by atoms with Gasteiger partial charge in [0.25, 0.3) is 0 Å². The first-order chi connectivity index (χ1) is 16.9. The van der Waals surface area contributed by atoms with Crippen LogP contribution in [-0.4, -0.2) is 48.0 Å². The fourth-order valence-electron chi connectivity index (χ4n) is 3.98. The van der Waals surface area contributed by atoms with Gasteiger partial charge in [-0.1, -0.05) is 35.3 Å². The minimum absolute atomic E-state index is 0.0880. The number of urea groups is 1. The van der Waals surface area contributed by atoms with E-state index in [1.807, 2.05) is 11.4 Å². The van der Waals surface area contributed by atoms with Crippen LogP contribution in [0.4, 0.5) is 10.5 Å². The minimum atomic E-state index is -0.400. The molecule has 0 fully saturated rings. The SMILES string of the molecule is C=CCN(CC(=O)N1CCc2sccc2[C@H]1COc1ccc(Cl)cc1)C(=O)Nc1cccc(Cl)c1. The average Bonchev–Trinajstić information content (AvgIpc) is 3.32. The molecule has 1 N–H and O–H groups in total. The van der Waals surface area contributed by atoms with Crippen LogP contribution < -0.4 is 10.1 Å². The predicted molar refractivity (Wildman–Crippen MR) is 142 cm³/mol. The molecule has 2 heterocycles. The van der Waals surface area contributed by atoms with E-state index in [2.05, 4.69) is 11.9 Å². The zero-order chi connectivity index (χ0) is 24.8. The van der Waals surface area contributed by atoms with Crippen LogP contribution in [0.2, 0.25) is 10.0 Å². The topological polar surface area (TPSA) is 61.9 Å². The molecule has 35 heavy (non-hydrogen) atoms. The van der Waals surface area contributed by atoms with Gasteiger partial charge in [-0.15, -0.1) is 17.9 Å². The maximum atomic E-state index is 13.5. The number of amides is 3. The van der Waals surface area contributed by atoms with E-state index >= 15 is 0 Å². The first-order valence-electron chi connectivity index (χ1n) is 11.1. The summed E-state index contributed by atoms with van der Waals surface area (Å²) >= 11 is 13.7. The number of rotatable bonds is 8. The van der Waals surface area contributed by atoms with Gasteiger partial charge >= 0.3 is 6.03 Å². The van der Waals surface area contributed by atoms with Gasteiger partial charge in [0.05, 0.1) is 6.04 Å². The van der Waals surface area contributed by atoms with E-state index in [0.717, 1.165) is 12.0 Å². The van der Waals surface area contributed by atoms with Gasteiger partial charge < -0.3 is 19.9 Å². The third-order valence-electron chi connectivity index (χ3n) is 5.68. The molecular formula is C26H25Cl2N3O3S. The molecule has 1 aliphatic heterocycles. The summed E-state index contributed by atoms with van der Waals surface area (Å²) in [5.74, 6) is 0.521. The Kier molecular flexibility index (Phi) is 8.33. The molecule has 1 aliphatic rings. The molecular weight excluding hydrogens is 505 g/mol. The molecule has 4 rings (SSSR count). The highest BCUT2D eigenvalue weighted by Gasteiger charge is 2.33. The highest BCUT2D eigenvalue weighted by molar-refractivity contribution is 7.10. The number of thiophene rings is 1. The fourth-order valence-corrected chi connectivity index (χ4v) is 5.22. The summed E-state index contributed by atoms with van der Waals surface area (Å²) in [6, 6.07) is 15.4. The van der Waals surface area contributed by atoms with Crippen LogP contribution >= 0.6 is 34.5 Å². The van der Waals surface area contributed by atoms with Crippen LogP contribution in [0.25, 0.3) is 0 Å². The van der Waals surface area contributed by atoms with Gasteiger partial charge in [-0.25, -0.2) is 4.79 Å². The molecule has 0 saturated carbocycles. The number of carbonyl (C=O) groups excluding carboxylic acids is 2. The number of ether oxygens (including phenoxy) is 1. The van der Waals surface area contributed by atoms with Gasteiger partial charge in [-0.05, 0) is 65.9 Å². The summed E-state index contributed by atoms with van der Waals surface area (Å²) in [4.78, 5) is 30.9. The van der Waals surface area contributed by atoms with Crippen molar-refractivity contribution in [1.82, 2.24) is 9.80 Å². The molecule has 0 spiro atoms. The molecule has 0 unspecified atom stereocenters. The first-order valence-corrected chi connectivity index (χ1v) is 12.7. The molecule has 3 amide bonds. The molecule has 0 radical (unpaired) electrons. The zero-order valence-electron chi connectivity index (χ0n) is 19.0. The van der Waals surface area contributed by atoms with E-state index in [-0.39, 0.29) is 25.0 Å². The largest absolute Gasteiger partial charge is 0.491 e. The molecule has 182 valence electrons. The molecule has 3 aromatic rings. The number of nitrogens with one attached hydrogen (secondary N) is 1. The van der Waals surface area contributed by atoms with Gasteiger partial charge in [-0.2, -0.15) is 0 Å². The Labute approximate surface area is 218 Å². The maximum Gasteiger partial charge on any atom is 0.322 e. The zero-order valence-corrected chi connectivity index (χ0v) is 21.3. The number of anilines is 1. The number of fused-ring (bicyclic) bond motifs is 1. The van der Waals surface area contributed by atoms with Gasteiger partial charge in [0, 0.05) is 33.7 Å². The number of nitrogens with zero attached hydrogens (tertiary/aromatic N) is 2. The van der Waals surface area contributed by atoms with Crippen molar-refractivity contribution in [2.24, 2.45) is 0 Å². The fraction of sp³-hybridized carbons (Fsp3) is 0.231. The molecule has 0 saturated heterocycles. The number of benzene rings is 2. The summed E-state index contributed by atoms with van der Waals surface area (Å²) < 4.78 is 6.03. The summed E-state index contributed by atoms with van der Waals surface area (Å²) in [7, 11) is 0. The van der Waals surface area contributed by atoms with Crippen molar-refractivity contribution in [3.8, 4) is 5.75 Å². The first kappa shape index (κ1) is 25.1. The van der Waals surface area contributed by atoms with Crippen molar-refractivity contribution in [1.29, 1.82) is 0 Å². The van der Waals surface area contributed by atoms with Crippen LogP contribution in [0.3, 0.4) is 0 Å². The van der Waals surface area contributed by atoms with E-state index in [4.69, 9.17) is 27.9 Å². The summed E-state index contributed by atoms with van der Waals surface area (Å²) in [6.45, 7) is 4.72. The van der Waals surface area contributed by atoms with Gasteiger partial charge in [0.15, 0.2) is 0 Å². The Morgan fingerprint density at radius 2 is 1.97 bits per heavy atom. The molecule has 1 aromatic heterocycles. The Morgan fingerprint density at radius 1 is 1.17 bits per heavy atom. The lowest BCUT2D eigenvalue weighted by Crippen LogP contribution is -2.48. The number of halogens is 2. The van der Waals surface area contributed by atoms with Gasteiger partial charge in [0.2, 0.25) is 5.91 Å². The van der Waals surface area contributed by atoms with E-state index in [1.165, 1.54) is 9.78 Å². The van der Waals surface area contributed by atoms with Crippen LogP contribution in [0, 0.1) is 0 Å². The van der Waals surface area contributed by atoms with Crippen LogP contribution in [0.15, 0.2) is 72.6 Å². The van der Waals surface area contributed by atoms with Crippen LogP contribution in [0.1, 0.15) is 16.5 Å². The number of carbonyl (C=O) groups is 2. The summed E-state index contributed by atoms with van der Waals surface area (Å²) in [5, 5.41) is 5.98. The highest BCUT2D eigenvalue weighted by Crippen LogP contribution is 2.34. The summed E-state index contributed by atoms with van der Waals surface area (Å²) in [5.41, 5.74) is 1.64. The van der Waals surface area contributed by atoms with Crippen molar-refractivity contribution in [2.75, 3.05) is 31.6 Å². The lowest BCUT2D eigenvalue weighted by Gasteiger charge is -2.37. The number of hydrogen-bond acceptors (Lipinski definition) is 4. The van der Waals surface area contributed by atoms with E-state index in [1.54, 1.807) is 70.8 Å². The lowest BCUT2D eigenvalue weighted by molar-refractivity contribution is -0.135. The second-order valence-electron chi connectivity index (χ2n) is 8.03. The highest BCUT2D eigenvalue weighted by atomic mass is 35.5. The van der Waals surface area contributed by atoms with Crippen molar-refractivity contribution < 1.29 is 14.3 Å². The molecule has 2 aromatic carbocycles. The Morgan fingerprint density at radius 3 is 2.71 bits per heavy atom. The summed E-state index contributed by atoms with van der Waals surface area (Å²) in [6.07, 6.45) is 2.37. The predicted octanol–water partition coefficient (Wildman–Crippen LogP) is 6.28. The van der Waals surface area contributed by atoms with E-state index in [9.17, 15) is 9.59 Å². The Hall–Kier alpha value is -3.00. The van der Waals surface area contributed by atoms with Gasteiger partial charge in [0.1, 0.15) is 18.9 Å².